The highest BCUT2D eigenvalue weighted by Gasteiger charge is 2.01. The van der Waals surface area contributed by atoms with Gasteiger partial charge in [-0.15, -0.1) is 0 Å². The van der Waals surface area contributed by atoms with Crippen molar-refractivity contribution in [2.24, 2.45) is 0 Å². The second-order valence-electron chi connectivity index (χ2n) is 3.63. The molecule has 0 aromatic heterocycles. The first-order valence-electron chi connectivity index (χ1n) is 4.85. The molecule has 0 aliphatic rings. The van der Waals surface area contributed by atoms with Gasteiger partial charge >= 0.3 is 0 Å². The van der Waals surface area contributed by atoms with E-state index in [1.807, 2.05) is 12.1 Å². The number of hydrogen-bond donors (Lipinski definition) is 1. The van der Waals surface area contributed by atoms with Gasteiger partial charge < -0.3 is 10.6 Å². The zero-order chi connectivity index (χ0) is 10.6. The fourth-order valence-electron chi connectivity index (χ4n) is 1.54. The van der Waals surface area contributed by atoms with Crippen LogP contribution in [0.2, 0.25) is 0 Å². The molecule has 0 heterocycles. The van der Waals surface area contributed by atoms with Crippen LogP contribution in [0.25, 0.3) is 0 Å². The Morgan fingerprint density at radius 3 is 2.64 bits per heavy atom. The van der Waals surface area contributed by atoms with Gasteiger partial charge in [0, 0.05) is 16.7 Å². The van der Waals surface area contributed by atoms with Crippen LogP contribution in [-0.2, 0) is 6.54 Å². The number of halogens is 1. The van der Waals surface area contributed by atoms with Gasteiger partial charge in [0.25, 0.3) is 0 Å². The summed E-state index contributed by atoms with van der Waals surface area (Å²) < 4.78 is 1.05. The standard InChI is InChI=1S/C11H17BrN2/c1-3-4-14(2)8-9-5-10(12)7-11(13)6-9/h5-7H,3-4,8,13H2,1-2H3. The lowest BCUT2D eigenvalue weighted by Crippen LogP contribution is -2.18. The molecule has 0 amide bonds. The van der Waals surface area contributed by atoms with Gasteiger partial charge in [-0.25, -0.2) is 0 Å². The molecule has 1 rings (SSSR count). The highest BCUT2D eigenvalue weighted by atomic mass is 79.9. The van der Waals surface area contributed by atoms with Gasteiger partial charge in [-0.2, -0.15) is 0 Å². The third-order valence-electron chi connectivity index (χ3n) is 2.04. The second kappa shape index (κ2) is 5.37. The van der Waals surface area contributed by atoms with E-state index in [4.69, 9.17) is 5.73 Å². The molecule has 2 N–H and O–H groups in total. The Labute approximate surface area is 94.2 Å². The zero-order valence-electron chi connectivity index (χ0n) is 8.76. The van der Waals surface area contributed by atoms with Crippen LogP contribution in [0, 0.1) is 0 Å². The molecule has 0 atom stereocenters. The minimum Gasteiger partial charge on any atom is -0.399 e. The van der Waals surface area contributed by atoms with Gasteiger partial charge in [0.15, 0.2) is 0 Å². The molecule has 2 nitrogen and oxygen atoms in total. The maximum absolute atomic E-state index is 5.76. The number of rotatable bonds is 4. The average Bonchev–Trinajstić information content (AvgIpc) is 2.01. The van der Waals surface area contributed by atoms with Crippen LogP contribution in [0.3, 0.4) is 0 Å². The summed E-state index contributed by atoms with van der Waals surface area (Å²) in [5, 5.41) is 0. The van der Waals surface area contributed by atoms with Crippen molar-refractivity contribution >= 4 is 21.6 Å². The lowest BCUT2D eigenvalue weighted by Gasteiger charge is -2.15. The van der Waals surface area contributed by atoms with Crippen LogP contribution in [0.5, 0.6) is 0 Å². The molecule has 0 aliphatic heterocycles. The van der Waals surface area contributed by atoms with Crippen LogP contribution in [0.1, 0.15) is 18.9 Å². The molecular weight excluding hydrogens is 240 g/mol. The Morgan fingerprint density at radius 2 is 2.07 bits per heavy atom. The molecule has 1 aromatic carbocycles. The van der Waals surface area contributed by atoms with Gasteiger partial charge in [-0.05, 0) is 43.8 Å². The summed E-state index contributed by atoms with van der Waals surface area (Å²) >= 11 is 3.44. The van der Waals surface area contributed by atoms with Crippen molar-refractivity contribution < 1.29 is 0 Å². The van der Waals surface area contributed by atoms with E-state index in [0.717, 1.165) is 23.2 Å². The van der Waals surface area contributed by atoms with Crippen LogP contribution < -0.4 is 5.73 Å². The number of benzene rings is 1. The van der Waals surface area contributed by atoms with Crippen molar-refractivity contribution in [2.45, 2.75) is 19.9 Å². The van der Waals surface area contributed by atoms with Crippen LogP contribution in [0.15, 0.2) is 22.7 Å². The third kappa shape index (κ3) is 3.68. The summed E-state index contributed by atoms with van der Waals surface area (Å²) in [6.45, 7) is 4.26. The number of anilines is 1. The van der Waals surface area contributed by atoms with Crippen LogP contribution in [-0.4, -0.2) is 18.5 Å². The maximum atomic E-state index is 5.76. The minimum atomic E-state index is 0.819. The number of hydrogen-bond acceptors (Lipinski definition) is 2. The van der Waals surface area contributed by atoms with Gasteiger partial charge in [0.1, 0.15) is 0 Å². The summed E-state index contributed by atoms with van der Waals surface area (Å²) in [6, 6.07) is 6.06. The fourth-order valence-corrected chi connectivity index (χ4v) is 2.10. The largest absolute Gasteiger partial charge is 0.399 e. The summed E-state index contributed by atoms with van der Waals surface area (Å²) in [5.41, 5.74) is 7.84. The van der Waals surface area contributed by atoms with E-state index in [1.165, 1.54) is 12.0 Å². The Morgan fingerprint density at radius 1 is 1.36 bits per heavy atom. The number of nitrogen functional groups attached to an aromatic ring is 1. The van der Waals surface area contributed by atoms with Gasteiger partial charge in [-0.1, -0.05) is 22.9 Å². The fraction of sp³-hybridized carbons (Fsp3) is 0.455. The molecule has 0 unspecified atom stereocenters. The highest BCUT2D eigenvalue weighted by molar-refractivity contribution is 9.10. The van der Waals surface area contributed by atoms with Gasteiger partial charge in [-0.3, -0.25) is 0 Å². The van der Waals surface area contributed by atoms with Crippen molar-refractivity contribution in [3.63, 3.8) is 0 Å². The molecule has 0 saturated carbocycles. The van der Waals surface area contributed by atoms with Crippen molar-refractivity contribution in [1.29, 1.82) is 0 Å². The summed E-state index contributed by atoms with van der Waals surface area (Å²) in [4.78, 5) is 2.29. The molecule has 0 saturated heterocycles. The minimum absolute atomic E-state index is 0.819. The van der Waals surface area contributed by atoms with E-state index >= 15 is 0 Å². The molecular formula is C11H17BrN2. The van der Waals surface area contributed by atoms with Crippen molar-refractivity contribution in [1.82, 2.24) is 4.90 Å². The second-order valence-corrected chi connectivity index (χ2v) is 4.55. The molecule has 3 heteroatoms. The Balaban J connectivity index is 2.66. The first-order chi connectivity index (χ1) is 6.61. The molecule has 14 heavy (non-hydrogen) atoms. The number of nitrogens with zero attached hydrogens (tertiary/aromatic N) is 1. The smallest absolute Gasteiger partial charge is 0.0328 e. The monoisotopic (exact) mass is 256 g/mol. The molecule has 0 aliphatic carbocycles. The Kier molecular flexibility index (Phi) is 4.42. The summed E-state index contributed by atoms with van der Waals surface area (Å²) in [5.74, 6) is 0. The zero-order valence-corrected chi connectivity index (χ0v) is 10.3. The Bertz CT molecular complexity index is 279. The molecule has 0 spiro atoms. The topological polar surface area (TPSA) is 29.3 Å². The van der Waals surface area contributed by atoms with Crippen molar-refractivity contribution in [3.05, 3.63) is 28.2 Å². The highest BCUT2D eigenvalue weighted by Crippen LogP contribution is 2.18. The molecule has 78 valence electrons. The van der Waals surface area contributed by atoms with Gasteiger partial charge in [0.05, 0.1) is 0 Å². The predicted octanol–water partition coefficient (Wildman–Crippen LogP) is 2.87. The number of nitrogens with two attached hydrogens (primary N) is 1. The van der Waals surface area contributed by atoms with E-state index in [0.29, 0.717) is 0 Å². The van der Waals surface area contributed by atoms with E-state index in [9.17, 15) is 0 Å². The van der Waals surface area contributed by atoms with E-state index in [-0.39, 0.29) is 0 Å². The van der Waals surface area contributed by atoms with Crippen molar-refractivity contribution in [2.75, 3.05) is 19.3 Å². The first-order valence-corrected chi connectivity index (χ1v) is 5.64. The first kappa shape index (κ1) is 11.5. The molecule has 1 aromatic rings. The Hall–Kier alpha value is -0.540. The van der Waals surface area contributed by atoms with Crippen molar-refractivity contribution in [3.8, 4) is 0 Å². The normalized spacial score (nSPS) is 10.9. The third-order valence-corrected chi connectivity index (χ3v) is 2.50. The van der Waals surface area contributed by atoms with E-state index in [1.54, 1.807) is 0 Å². The maximum Gasteiger partial charge on any atom is 0.0328 e. The van der Waals surface area contributed by atoms with Gasteiger partial charge in [0.2, 0.25) is 0 Å². The molecule has 0 fully saturated rings. The van der Waals surface area contributed by atoms with E-state index in [2.05, 4.69) is 40.9 Å². The SMILES string of the molecule is CCCN(C)Cc1cc(N)cc(Br)c1. The predicted molar refractivity (Wildman–Crippen MR) is 65.2 cm³/mol. The van der Waals surface area contributed by atoms with E-state index < -0.39 is 0 Å². The van der Waals surface area contributed by atoms with Crippen LogP contribution in [0.4, 0.5) is 5.69 Å². The lowest BCUT2D eigenvalue weighted by molar-refractivity contribution is 0.327. The van der Waals surface area contributed by atoms with Crippen LogP contribution >= 0.6 is 15.9 Å². The average molecular weight is 257 g/mol. The summed E-state index contributed by atoms with van der Waals surface area (Å²) in [6.07, 6.45) is 1.18. The summed E-state index contributed by atoms with van der Waals surface area (Å²) in [7, 11) is 2.13. The quantitative estimate of drug-likeness (QED) is 0.840. The lowest BCUT2D eigenvalue weighted by atomic mass is 10.2. The molecule has 0 radical (unpaired) electrons. The molecule has 0 bridgehead atoms.